The Morgan fingerprint density at radius 1 is 1.11 bits per heavy atom. The summed E-state index contributed by atoms with van der Waals surface area (Å²) < 4.78 is 35.0. The predicted molar refractivity (Wildman–Crippen MR) is 142 cm³/mol. The number of hydrogen-bond donors (Lipinski definition) is 4. The van der Waals surface area contributed by atoms with Crippen molar-refractivity contribution in [3.05, 3.63) is 29.3 Å². The molecule has 4 N–H and O–H groups in total. The largest absolute Gasteiger partial charge is 0.493 e. The lowest BCUT2D eigenvalue weighted by atomic mass is 9.65. The Labute approximate surface area is 225 Å². The van der Waals surface area contributed by atoms with Crippen LogP contribution in [-0.2, 0) is 11.2 Å². The Kier molecular flexibility index (Phi) is 11.2. The highest BCUT2D eigenvalue weighted by Gasteiger charge is 2.35. The van der Waals surface area contributed by atoms with E-state index in [1.807, 2.05) is 0 Å². The van der Waals surface area contributed by atoms with Gasteiger partial charge in [-0.1, -0.05) is 0 Å². The predicted octanol–water partition coefficient (Wildman–Crippen LogP) is 2.87. The van der Waals surface area contributed by atoms with Gasteiger partial charge in [-0.05, 0) is 88.8 Å². The van der Waals surface area contributed by atoms with Crippen LogP contribution in [0.25, 0.3) is 0 Å². The first-order valence-corrected chi connectivity index (χ1v) is 14.5. The first-order valence-electron chi connectivity index (χ1n) is 14.5. The molecule has 1 aromatic carbocycles. The number of aliphatic hydroxyl groups is 2. The van der Waals surface area contributed by atoms with E-state index in [4.69, 9.17) is 9.84 Å². The Morgan fingerprint density at radius 3 is 2.50 bits per heavy atom. The van der Waals surface area contributed by atoms with E-state index in [9.17, 15) is 18.7 Å². The third-order valence-corrected chi connectivity index (χ3v) is 8.65. The van der Waals surface area contributed by atoms with E-state index in [2.05, 4.69) is 10.6 Å². The van der Waals surface area contributed by atoms with Crippen LogP contribution in [0.15, 0.2) is 12.1 Å². The van der Waals surface area contributed by atoms with Crippen LogP contribution >= 0.6 is 0 Å². The summed E-state index contributed by atoms with van der Waals surface area (Å²) in [6.45, 7) is 5.27. The summed E-state index contributed by atoms with van der Waals surface area (Å²) in [5, 5.41) is 24.9. The number of nitrogens with zero attached hydrogens (tertiary/aromatic N) is 1. The van der Waals surface area contributed by atoms with E-state index in [0.29, 0.717) is 38.0 Å². The van der Waals surface area contributed by atoms with Gasteiger partial charge in [-0.15, -0.1) is 0 Å². The van der Waals surface area contributed by atoms with Crippen LogP contribution in [0, 0.1) is 35.3 Å². The van der Waals surface area contributed by atoms with Crippen molar-refractivity contribution in [2.75, 3.05) is 52.5 Å². The van der Waals surface area contributed by atoms with Gasteiger partial charge in [-0.3, -0.25) is 4.79 Å². The first kappa shape index (κ1) is 29.2. The quantitative estimate of drug-likeness (QED) is 0.257. The molecule has 2 aliphatic heterocycles. The van der Waals surface area contributed by atoms with Gasteiger partial charge >= 0.3 is 0 Å². The second-order valence-electron chi connectivity index (χ2n) is 11.6. The zero-order chi connectivity index (χ0) is 26.9. The summed E-state index contributed by atoms with van der Waals surface area (Å²) in [6.07, 6.45) is 7.33. The fourth-order valence-electron chi connectivity index (χ4n) is 6.09. The number of carbonyl (C=O) groups excluding carboxylic acids is 1. The molecule has 0 unspecified atom stereocenters. The van der Waals surface area contributed by atoms with Crippen molar-refractivity contribution in [3.63, 3.8) is 0 Å². The van der Waals surface area contributed by atoms with Crippen LogP contribution in [0.5, 0.6) is 5.75 Å². The number of piperidine rings is 1. The number of ether oxygens (including phenoxy) is 1. The Morgan fingerprint density at radius 2 is 1.82 bits per heavy atom. The molecule has 9 heteroatoms. The lowest BCUT2D eigenvalue weighted by Crippen LogP contribution is -2.53. The van der Waals surface area contributed by atoms with Crippen LogP contribution < -0.4 is 15.4 Å². The second kappa shape index (κ2) is 14.5. The number of carbonyl (C=O) groups is 1. The molecule has 2 heterocycles. The molecule has 7 nitrogen and oxygen atoms in total. The van der Waals surface area contributed by atoms with Crippen molar-refractivity contribution in [2.45, 2.75) is 63.9 Å². The van der Waals surface area contributed by atoms with Gasteiger partial charge < -0.3 is 30.5 Å². The molecule has 0 aromatic heterocycles. The van der Waals surface area contributed by atoms with Gasteiger partial charge in [0.15, 0.2) is 0 Å². The normalized spacial score (nSPS) is 23.1. The number of benzene rings is 1. The number of hydrogen-bond acceptors (Lipinski definition) is 6. The summed E-state index contributed by atoms with van der Waals surface area (Å²) in [7, 11) is 0. The maximum Gasteiger partial charge on any atom is 0.227 e. The fraction of sp³-hybridized carbons (Fsp3) is 0.759. The Balaban J connectivity index is 1.09. The molecular weight excluding hydrogens is 492 g/mol. The van der Waals surface area contributed by atoms with Crippen molar-refractivity contribution in [2.24, 2.45) is 23.7 Å². The molecular formula is C29H45F2N3O4. The summed E-state index contributed by atoms with van der Waals surface area (Å²) in [4.78, 5) is 14.2. The highest BCUT2D eigenvalue weighted by Crippen LogP contribution is 2.43. The number of rotatable bonds is 15. The lowest BCUT2D eigenvalue weighted by Gasteiger charge is -2.42. The number of halogens is 2. The fourth-order valence-corrected chi connectivity index (χ4v) is 6.09. The SMILES string of the molecule is O=C(Cc1c(F)cc(OCCC2CC(C3CCNCC3)C2)cc1F)N1CC(CNCCCC[C@H](O)CO)C1. The number of unbranched alkanes of at least 4 members (excludes halogenated alkanes) is 1. The van der Waals surface area contributed by atoms with Crippen molar-refractivity contribution in [1.82, 2.24) is 15.5 Å². The summed E-state index contributed by atoms with van der Waals surface area (Å²) in [5.41, 5.74) is -0.196. The number of nitrogens with one attached hydrogen (secondary N) is 2. The molecule has 0 spiro atoms. The van der Waals surface area contributed by atoms with E-state index in [1.165, 1.54) is 37.8 Å². The standard InChI is InChI=1S/C29H45F2N3O4/c30-27-13-25(38-10-6-20-11-23(12-20)22-4-8-32-9-5-22)14-28(31)26(27)15-29(37)34-17-21(18-34)16-33-7-2-1-3-24(36)19-35/h13-14,20-24,32-33,35-36H,1-12,15-19H2/t20?,23?,24-/m0/s1. The average molecular weight is 538 g/mol. The topological polar surface area (TPSA) is 94.1 Å². The molecule has 0 bridgehead atoms. The smallest absolute Gasteiger partial charge is 0.227 e. The zero-order valence-electron chi connectivity index (χ0n) is 22.5. The maximum absolute atomic E-state index is 14.7. The van der Waals surface area contributed by atoms with Gasteiger partial charge in [0.1, 0.15) is 17.4 Å². The van der Waals surface area contributed by atoms with Crippen molar-refractivity contribution in [3.8, 4) is 5.75 Å². The Hall–Kier alpha value is -1.81. The molecule has 2 saturated heterocycles. The maximum atomic E-state index is 14.7. The average Bonchev–Trinajstić information content (AvgIpc) is 2.86. The Bertz CT molecular complexity index is 864. The summed E-state index contributed by atoms with van der Waals surface area (Å²) in [5.74, 6) is 1.11. The van der Waals surface area contributed by atoms with Crippen LogP contribution in [0.1, 0.15) is 56.9 Å². The lowest BCUT2D eigenvalue weighted by molar-refractivity contribution is -0.136. The minimum atomic E-state index is -0.729. The van der Waals surface area contributed by atoms with E-state index in [0.717, 1.165) is 57.3 Å². The molecule has 1 amide bonds. The minimum absolute atomic E-state index is 0.186. The number of aliphatic hydroxyl groups excluding tert-OH is 2. The second-order valence-corrected chi connectivity index (χ2v) is 11.6. The van der Waals surface area contributed by atoms with Crippen LogP contribution in [0.4, 0.5) is 8.78 Å². The van der Waals surface area contributed by atoms with Crippen LogP contribution in [0.2, 0.25) is 0 Å². The third-order valence-electron chi connectivity index (χ3n) is 8.65. The molecule has 4 rings (SSSR count). The number of amides is 1. The van der Waals surface area contributed by atoms with E-state index in [1.54, 1.807) is 4.90 Å². The zero-order valence-corrected chi connectivity index (χ0v) is 22.5. The summed E-state index contributed by atoms with van der Waals surface area (Å²) >= 11 is 0. The third kappa shape index (κ3) is 8.34. The van der Waals surface area contributed by atoms with E-state index >= 15 is 0 Å². The van der Waals surface area contributed by atoms with E-state index in [-0.39, 0.29) is 30.2 Å². The molecule has 1 saturated carbocycles. The summed E-state index contributed by atoms with van der Waals surface area (Å²) in [6, 6.07) is 2.40. The van der Waals surface area contributed by atoms with Crippen molar-refractivity contribution in [1.29, 1.82) is 0 Å². The van der Waals surface area contributed by atoms with Gasteiger partial charge in [-0.2, -0.15) is 0 Å². The monoisotopic (exact) mass is 537 g/mol. The first-order chi connectivity index (χ1) is 18.4. The van der Waals surface area contributed by atoms with Crippen LogP contribution in [-0.4, -0.2) is 79.6 Å². The number of likely N-dealkylation sites (tertiary alicyclic amines) is 1. The van der Waals surface area contributed by atoms with Crippen LogP contribution in [0.3, 0.4) is 0 Å². The molecule has 1 atom stereocenters. The molecule has 3 fully saturated rings. The van der Waals surface area contributed by atoms with Gasteiger partial charge in [0.2, 0.25) is 5.91 Å². The molecule has 38 heavy (non-hydrogen) atoms. The van der Waals surface area contributed by atoms with Gasteiger partial charge in [0, 0.05) is 43.2 Å². The molecule has 1 aromatic rings. The molecule has 1 aliphatic carbocycles. The van der Waals surface area contributed by atoms with Gasteiger partial charge in [-0.25, -0.2) is 8.78 Å². The van der Waals surface area contributed by atoms with Crippen molar-refractivity contribution < 1.29 is 28.5 Å². The highest BCUT2D eigenvalue weighted by molar-refractivity contribution is 5.79. The van der Waals surface area contributed by atoms with Crippen molar-refractivity contribution >= 4 is 5.91 Å². The van der Waals surface area contributed by atoms with Gasteiger partial charge in [0.05, 0.1) is 25.7 Å². The van der Waals surface area contributed by atoms with Gasteiger partial charge in [0.25, 0.3) is 0 Å². The molecule has 3 aliphatic rings. The minimum Gasteiger partial charge on any atom is -0.493 e. The molecule has 214 valence electrons. The van der Waals surface area contributed by atoms with E-state index < -0.39 is 17.7 Å². The molecule has 0 radical (unpaired) electrons. The highest BCUT2D eigenvalue weighted by atomic mass is 19.1.